The molecular formula is C26H21N3O. The van der Waals surface area contributed by atoms with Crippen LogP contribution in [0, 0.1) is 0 Å². The fraction of sp³-hybridized carbons (Fsp3) is 0.154. The summed E-state index contributed by atoms with van der Waals surface area (Å²) >= 11 is 0. The second kappa shape index (κ2) is 7.08. The molecule has 5 aromatic rings. The molecular weight excluding hydrogens is 370 g/mol. The Labute approximate surface area is 174 Å². The zero-order valence-corrected chi connectivity index (χ0v) is 16.6. The van der Waals surface area contributed by atoms with Gasteiger partial charge in [-0.3, -0.25) is 0 Å². The molecule has 0 unspecified atom stereocenters. The maximum Gasteiger partial charge on any atom is 0.118 e. The molecule has 1 fully saturated rings. The Morgan fingerprint density at radius 3 is 2.17 bits per heavy atom. The van der Waals surface area contributed by atoms with Crippen molar-refractivity contribution in [2.45, 2.75) is 0 Å². The van der Waals surface area contributed by atoms with Gasteiger partial charge >= 0.3 is 0 Å². The van der Waals surface area contributed by atoms with E-state index in [1.165, 1.54) is 16.2 Å². The van der Waals surface area contributed by atoms with Gasteiger partial charge in [0.1, 0.15) is 11.2 Å². The molecule has 30 heavy (non-hydrogen) atoms. The monoisotopic (exact) mass is 391 g/mol. The highest BCUT2D eigenvalue weighted by atomic mass is 16.5. The lowest BCUT2D eigenvalue weighted by Gasteiger charge is -2.31. The highest BCUT2D eigenvalue weighted by Gasteiger charge is 2.22. The van der Waals surface area contributed by atoms with Crippen LogP contribution in [0.5, 0.6) is 0 Å². The molecule has 2 heterocycles. The standard InChI is InChI=1S/C26H21N3O/c1-3-9-20-18(6-1)8-5-11-22(20)25-26(29-14-16-30-17-15-29)23-13-12-19-7-2-4-10-21(19)24(23)27-28-25/h1-13H,14-17H2. The molecule has 1 aromatic heterocycles. The smallest absolute Gasteiger partial charge is 0.118 e. The fourth-order valence-electron chi connectivity index (χ4n) is 4.55. The molecule has 6 rings (SSSR count). The summed E-state index contributed by atoms with van der Waals surface area (Å²) in [7, 11) is 0. The minimum atomic E-state index is 0.729. The predicted molar refractivity (Wildman–Crippen MR) is 123 cm³/mol. The van der Waals surface area contributed by atoms with Crippen molar-refractivity contribution in [3.8, 4) is 11.3 Å². The maximum absolute atomic E-state index is 5.64. The average molecular weight is 391 g/mol. The summed E-state index contributed by atoms with van der Waals surface area (Å²) in [6.45, 7) is 3.16. The van der Waals surface area contributed by atoms with E-state index in [-0.39, 0.29) is 0 Å². The first-order valence-corrected chi connectivity index (χ1v) is 10.4. The maximum atomic E-state index is 5.64. The Morgan fingerprint density at radius 2 is 1.33 bits per heavy atom. The van der Waals surface area contributed by atoms with E-state index in [9.17, 15) is 0 Å². The zero-order valence-electron chi connectivity index (χ0n) is 16.6. The summed E-state index contributed by atoms with van der Waals surface area (Å²) in [6.07, 6.45) is 0. The first-order valence-electron chi connectivity index (χ1n) is 10.4. The van der Waals surface area contributed by atoms with Crippen LogP contribution in [-0.4, -0.2) is 36.5 Å². The van der Waals surface area contributed by atoms with Gasteiger partial charge in [0, 0.05) is 29.4 Å². The lowest BCUT2D eigenvalue weighted by molar-refractivity contribution is 0.123. The van der Waals surface area contributed by atoms with Gasteiger partial charge < -0.3 is 9.64 Å². The summed E-state index contributed by atoms with van der Waals surface area (Å²) < 4.78 is 5.64. The van der Waals surface area contributed by atoms with Crippen molar-refractivity contribution >= 4 is 38.1 Å². The number of benzene rings is 4. The first kappa shape index (κ1) is 17.4. The second-order valence-corrected chi connectivity index (χ2v) is 7.71. The van der Waals surface area contributed by atoms with Gasteiger partial charge in [0.05, 0.1) is 18.9 Å². The molecule has 0 bridgehead atoms. The van der Waals surface area contributed by atoms with Gasteiger partial charge in [0.25, 0.3) is 0 Å². The number of morpholine rings is 1. The summed E-state index contributed by atoms with van der Waals surface area (Å²) in [5, 5.41) is 15.4. The number of hydrogen-bond acceptors (Lipinski definition) is 4. The molecule has 0 aliphatic carbocycles. The predicted octanol–water partition coefficient (Wildman–Crippen LogP) is 5.44. The molecule has 4 aromatic carbocycles. The highest BCUT2D eigenvalue weighted by Crippen LogP contribution is 2.39. The third-order valence-corrected chi connectivity index (χ3v) is 6.00. The summed E-state index contributed by atoms with van der Waals surface area (Å²) in [5.74, 6) is 0. The number of rotatable bonds is 2. The van der Waals surface area contributed by atoms with E-state index in [2.05, 4.69) is 83.8 Å². The number of nitrogens with zero attached hydrogens (tertiary/aromatic N) is 3. The number of fused-ring (bicyclic) bond motifs is 4. The fourth-order valence-corrected chi connectivity index (χ4v) is 4.55. The van der Waals surface area contributed by atoms with E-state index in [4.69, 9.17) is 14.9 Å². The van der Waals surface area contributed by atoms with Crippen molar-refractivity contribution in [3.05, 3.63) is 78.9 Å². The largest absolute Gasteiger partial charge is 0.378 e. The van der Waals surface area contributed by atoms with Crippen LogP contribution < -0.4 is 4.90 Å². The zero-order chi connectivity index (χ0) is 19.9. The Balaban J connectivity index is 1.70. The average Bonchev–Trinajstić information content (AvgIpc) is 2.83. The van der Waals surface area contributed by atoms with Crippen molar-refractivity contribution in [1.82, 2.24) is 10.2 Å². The molecule has 0 amide bonds. The van der Waals surface area contributed by atoms with Gasteiger partial charge in [0.2, 0.25) is 0 Å². The van der Waals surface area contributed by atoms with Crippen molar-refractivity contribution < 1.29 is 4.74 Å². The van der Waals surface area contributed by atoms with Gasteiger partial charge in [-0.25, -0.2) is 0 Å². The van der Waals surface area contributed by atoms with E-state index in [1.54, 1.807) is 0 Å². The van der Waals surface area contributed by atoms with Crippen LogP contribution >= 0.6 is 0 Å². The van der Waals surface area contributed by atoms with Gasteiger partial charge in [-0.2, -0.15) is 0 Å². The minimum absolute atomic E-state index is 0.729. The van der Waals surface area contributed by atoms with E-state index in [0.29, 0.717) is 0 Å². The van der Waals surface area contributed by atoms with Gasteiger partial charge in [-0.15, -0.1) is 10.2 Å². The Hall–Kier alpha value is -3.50. The lowest BCUT2D eigenvalue weighted by Crippen LogP contribution is -2.36. The van der Waals surface area contributed by atoms with Crippen LogP contribution in [0.25, 0.3) is 43.7 Å². The number of ether oxygens (including phenoxy) is 1. The minimum Gasteiger partial charge on any atom is -0.378 e. The van der Waals surface area contributed by atoms with Gasteiger partial charge in [0.15, 0.2) is 0 Å². The molecule has 1 aliphatic heterocycles. The van der Waals surface area contributed by atoms with Gasteiger partial charge in [-0.1, -0.05) is 72.8 Å². The quantitative estimate of drug-likeness (QED) is 0.376. The molecule has 4 heteroatoms. The molecule has 0 saturated carbocycles. The normalized spacial score (nSPS) is 14.6. The van der Waals surface area contributed by atoms with Crippen molar-refractivity contribution in [1.29, 1.82) is 0 Å². The Kier molecular flexibility index (Phi) is 4.10. The van der Waals surface area contributed by atoms with Gasteiger partial charge in [-0.05, 0) is 22.2 Å². The Bertz CT molecular complexity index is 1380. The third kappa shape index (κ3) is 2.72. The first-order chi connectivity index (χ1) is 14.9. The summed E-state index contributed by atoms with van der Waals surface area (Å²) in [6, 6.07) is 27.7. The Morgan fingerprint density at radius 1 is 0.633 bits per heavy atom. The van der Waals surface area contributed by atoms with Crippen LogP contribution in [0.4, 0.5) is 5.69 Å². The van der Waals surface area contributed by atoms with E-state index in [1.807, 2.05) is 0 Å². The van der Waals surface area contributed by atoms with Crippen LogP contribution in [0.3, 0.4) is 0 Å². The molecule has 0 atom stereocenters. The van der Waals surface area contributed by atoms with Crippen LogP contribution in [0.15, 0.2) is 78.9 Å². The molecule has 146 valence electrons. The van der Waals surface area contributed by atoms with Crippen LogP contribution in [0.2, 0.25) is 0 Å². The molecule has 1 saturated heterocycles. The van der Waals surface area contributed by atoms with Crippen molar-refractivity contribution in [2.24, 2.45) is 0 Å². The second-order valence-electron chi connectivity index (χ2n) is 7.71. The summed E-state index contributed by atoms with van der Waals surface area (Å²) in [5.41, 5.74) is 4.18. The molecule has 1 aliphatic rings. The third-order valence-electron chi connectivity index (χ3n) is 6.00. The number of hydrogen-bond donors (Lipinski definition) is 0. The van der Waals surface area contributed by atoms with Crippen molar-refractivity contribution in [3.63, 3.8) is 0 Å². The van der Waals surface area contributed by atoms with E-state index in [0.717, 1.165) is 59.5 Å². The molecule has 0 spiro atoms. The topological polar surface area (TPSA) is 38.2 Å². The lowest BCUT2D eigenvalue weighted by atomic mass is 9.98. The highest BCUT2D eigenvalue weighted by molar-refractivity contribution is 6.12. The summed E-state index contributed by atoms with van der Waals surface area (Å²) in [4.78, 5) is 2.41. The van der Waals surface area contributed by atoms with E-state index >= 15 is 0 Å². The van der Waals surface area contributed by atoms with Crippen LogP contribution in [-0.2, 0) is 4.74 Å². The number of aromatic nitrogens is 2. The molecule has 0 N–H and O–H groups in total. The van der Waals surface area contributed by atoms with Crippen LogP contribution in [0.1, 0.15) is 0 Å². The number of anilines is 1. The van der Waals surface area contributed by atoms with E-state index < -0.39 is 0 Å². The molecule has 4 nitrogen and oxygen atoms in total. The SMILES string of the molecule is c1ccc2c(-c3nnc4c(ccc5ccccc54)c3N3CCOCC3)cccc2c1. The molecule has 0 radical (unpaired) electrons. The van der Waals surface area contributed by atoms with Crippen molar-refractivity contribution in [2.75, 3.05) is 31.2 Å².